The number of para-hydroxylation sites is 1. The van der Waals surface area contributed by atoms with Gasteiger partial charge in [-0.25, -0.2) is 4.79 Å². The van der Waals surface area contributed by atoms with Crippen molar-refractivity contribution in [3.63, 3.8) is 0 Å². The van der Waals surface area contributed by atoms with Crippen LogP contribution in [0.25, 0.3) is 0 Å². The van der Waals surface area contributed by atoms with E-state index in [1.165, 1.54) is 0 Å². The molecule has 3 aromatic rings. The van der Waals surface area contributed by atoms with E-state index in [9.17, 15) is 9.90 Å². The van der Waals surface area contributed by atoms with Crippen molar-refractivity contribution < 1.29 is 14.6 Å². The van der Waals surface area contributed by atoms with Gasteiger partial charge in [-0.2, -0.15) is 0 Å². The van der Waals surface area contributed by atoms with E-state index >= 15 is 0 Å². The quantitative estimate of drug-likeness (QED) is 0.580. The van der Waals surface area contributed by atoms with Gasteiger partial charge < -0.3 is 14.7 Å². The predicted molar refractivity (Wildman–Crippen MR) is 112 cm³/mol. The van der Waals surface area contributed by atoms with Crippen LogP contribution >= 0.6 is 0 Å². The van der Waals surface area contributed by atoms with Crippen LogP contribution in [0.3, 0.4) is 0 Å². The van der Waals surface area contributed by atoms with Crippen molar-refractivity contribution in [2.45, 2.75) is 32.4 Å². The molecule has 28 heavy (non-hydrogen) atoms. The first kappa shape index (κ1) is 19.5. The predicted octanol–water partition coefficient (Wildman–Crippen LogP) is 5.31. The number of nitrogens with zero attached hydrogens (tertiary/aromatic N) is 1. The van der Waals surface area contributed by atoms with Crippen molar-refractivity contribution in [1.82, 2.24) is 0 Å². The van der Waals surface area contributed by atoms with Crippen LogP contribution in [0.2, 0.25) is 0 Å². The summed E-state index contributed by atoms with van der Waals surface area (Å²) in [6, 6.07) is 26.2. The molecule has 4 heteroatoms. The molecule has 0 saturated carbocycles. The van der Waals surface area contributed by atoms with Crippen molar-refractivity contribution in [3.05, 3.63) is 90.5 Å². The number of hydrogen-bond acceptors (Lipinski definition) is 3. The Hall–Kier alpha value is -3.27. The summed E-state index contributed by atoms with van der Waals surface area (Å²) in [5, 5.41) is 10.0. The second kappa shape index (κ2) is 9.09. The summed E-state index contributed by atoms with van der Waals surface area (Å²) in [7, 11) is 0. The van der Waals surface area contributed by atoms with Crippen LogP contribution in [-0.4, -0.2) is 23.2 Å². The van der Waals surface area contributed by atoms with Crippen LogP contribution in [0.4, 0.5) is 11.4 Å². The van der Waals surface area contributed by atoms with Crippen LogP contribution in [0.1, 0.15) is 19.4 Å². The number of benzene rings is 3. The zero-order valence-corrected chi connectivity index (χ0v) is 16.2. The molecule has 3 rings (SSSR count). The van der Waals surface area contributed by atoms with Gasteiger partial charge in [-0.15, -0.1) is 0 Å². The minimum atomic E-state index is -0.866. The van der Waals surface area contributed by atoms with E-state index in [0.717, 1.165) is 22.7 Å². The van der Waals surface area contributed by atoms with Crippen molar-refractivity contribution in [2.75, 3.05) is 4.90 Å². The highest BCUT2D eigenvalue weighted by Gasteiger charge is 2.27. The highest BCUT2D eigenvalue weighted by molar-refractivity contribution is 5.83. The molecule has 0 unspecified atom stereocenters. The lowest BCUT2D eigenvalue weighted by atomic mass is 10.0. The van der Waals surface area contributed by atoms with Gasteiger partial charge in [0.2, 0.25) is 0 Å². The van der Waals surface area contributed by atoms with E-state index < -0.39 is 12.0 Å². The molecule has 0 spiro atoms. The number of hydrogen-bond donors (Lipinski definition) is 1. The standard InChI is InChI=1S/C24H25NO3/c1-18(2)28-22-15-13-21(14-16-22)25(20-11-7-4-8-12-20)23(24(26)27)17-19-9-5-3-6-10-19/h3-16,18,23H,17H2,1-2H3,(H,26,27)/t23-/m0/s1. The summed E-state index contributed by atoms with van der Waals surface area (Å²) in [4.78, 5) is 14.1. The summed E-state index contributed by atoms with van der Waals surface area (Å²) in [6.45, 7) is 3.95. The number of rotatable bonds is 8. The van der Waals surface area contributed by atoms with Crippen LogP contribution in [0, 0.1) is 0 Å². The van der Waals surface area contributed by atoms with Gasteiger partial charge in [0.15, 0.2) is 0 Å². The van der Waals surface area contributed by atoms with E-state index in [1.54, 1.807) is 0 Å². The van der Waals surface area contributed by atoms with Gasteiger partial charge in [-0.05, 0) is 55.8 Å². The number of carboxylic acid groups (broad SMARTS) is 1. The molecular weight excluding hydrogens is 350 g/mol. The maximum atomic E-state index is 12.2. The van der Waals surface area contributed by atoms with Crippen LogP contribution in [0.15, 0.2) is 84.9 Å². The van der Waals surface area contributed by atoms with Crippen molar-refractivity contribution in [3.8, 4) is 5.75 Å². The molecule has 1 atom stereocenters. The Morgan fingerprint density at radius 3 is 1.93 bits per heavy atom. The van der Waals surface area contributed by atoms with E-state index in [2.05, 4.69) is 0 Å². The second-order valence-corrected chi connectivity index (χ2v) is 6.91. The molecular formula is C24H25NO3. The van der Waals surface area contributed by atoms with E-state index in [4.69, 9.17) is 4.74 Å². The average molecular weight is 375 g/mol. The van der Waals surface area contributed by atoms with E-state index in [-0.39, 0.29) is 6.10 Å². The Morgan fingerprint density at radius 2 is 1.39 bits per heavy atom. The topological polar surface area (TPSA) is 49.8 Å². The molecule has 0 aliphatic carbocycles. The fraction of sp³-hybridized carbons (Fsp3) is 0.208. The van der Waals surface area contributed by atoms with Gasteiger partial charge in [0.1, 0.15) is 11.8 Å². The second-order valence-electron chi connectivity index (χ2n) is 6.91. The normalized spacial score (nSPS) is 11.8. The summed E-state index contributed by atoms with van der Waals surface area (Å²) >= 11 is 0. The van der Waals surface area contributed by atoms with Crippen molar-refractivity contribution in [1.29, 1.82) is 0 Å². The third-order valence-corrected chi connectivity index (χ3v) is 4.39. The Morgan fingerprint density at radius 1 is 0.857 bits per heavy atom. The fourth-order valence-electron chi connectivity index (χ4n) is 3.18. The van der Waals surface area contributed by atoms with Gasteiger partial charge in [0, 0.05) is 17.8 Å². The maximum absolute atomic E-state index is 12.2. The SMILES string of the molecule is CC(C)Oc1ccc(N(c2ccccc2)[C@@H](Cc2ccccc2)C(=O)O)cc1. The lowest BCUT2D eigenvalue weighted by molar-refractivity contribution is -0.138. The first-order valence-corrected chi connectivity index (χ1v) is 9.42. The Balaban J connectivity index is 1.99. The van der Waals surface area contributed by atoms with E-state index in [0.29, 0.717) is 6.42 Å². The Labute approximate surface area is 166 Å². The van der Waals surface area contributed by atoms with E-state index in [1.807, 2.05) is 104 Å². The number of ether oxygens (including phenoxy) is 1. The van der Waals surface area contributed by atoms with Gasteiger partial charge in [0.05, 0.1) is 6.10 Å². The van der Waals surface area contributed by atoms with Crippen LogP contribution in [-0.2, 0) is 11.2 Å². The number of aliphatic carboxylic acids is 1. The molecule has 0 fully saturated rings. The average Bonchev–Trinajstić information content (AvgIpc) is 2.70. The summed E-state index contributed by atoms with van der Waals surface area (Å²) in [5.74, 6) is -0.100. The molecule has 144 valence electrons. The summed E-state index contributed by atoms with van der Waals surface area (Å²) in [6.07, 6.45) is 0.482. The summed E-state index contributed by atoms with van der Waals surface area (Å²) in [5.41, 5.74) is 2.63. The molecule has 0 aliphatic heterocycles. The number of anilines is 2. The lowest BCUT2D eigenvalue weighted by Crippen LogP contribution is -2.39. The minimum absolute atomic E-state index is 0.0842. The molecule has 0 aromatic heterocycles. The molecule has 4 nitrogen and oxygen atoms in total. The van der Waals surface area contributed by atoms with Gasteiger partial charge in [0.25, 0.3) is 0 Å². The first-order valence-electron chi connectivity index (χ1n) is 9.42. The smallest absolute Gasteiger partial charge is 0.327 e. The monoisotopic (exact) mass is 375 g/mol. The molecule has 0 aliphatic rings. The lowest BCUT2D eigenvalue weighted by Gasteiger charge is -2.31. The molecule has 0 radical (unpaired) electrons. The third-order valence-electron chi connectivity index (χ3n) is 4.39. The van der Waals surface area contributed by atoms with Gasteiger partial charge in [-0.1, -0.05) is 48.5 Å². The third kappa shape index (κ3) is 4.92. The Kier molecular flexibility index (Phi) is 6.33. The maximum Gasteiger partial charge on any atom is 0.327 e. The molecule has 0 saturated heterocycles. The molecule has 0 heterocycles. The summed E-state index contributed by atoms with van der Waals surface area (Å²) < 4.78 is 5.72. The zero-order chi connectivity index (χ0) is 19.9. The highest BCUT2D eigenvalue weighted by Crippen LogP contribution is 2.31. The Bertz CT molecular complexity index is 877. The minimum Gasteiger partial charge on any atom is -0.491 e. The number of carboxylic acids is 1. The van der Waals surface area contributed by atoms with Crippen LogP contribution < -0.4 is 9.64 Å². The number of carbonyl (C=O) groups is 1. The largest absolute Gasteiger partial charge is 0.491 e. The van der Waals surface area contributed by atoms with Gasteiger partial charge >= 0.3 is 5.97 Å². The first-order chi connectivity index (χ1) is 13.5. The molecule has 3 aromatic carbocycles. The van der Waals surface area contributed by atoms with Crippen molar-refractivity contribution >= 4 is 17.3 Å². The zero-order valence-electron chi connectivity index (χ0n) is 16.2. The van der Waals surface area contributed by atoms with Gasteiger partial charge in [-0.3, -0.25) is 0 Å². The molecule has 0 bridgehead atoms. The van der Waals surface area contributed by atoms with Crippen molar-refractivity contribution in [2.24, 2.45) is 0 Å². The highest BCUT2D eigenvalue weighted by atomic mass is 16.5. The molecule has 1 N–H and O–H groups in total. The fourth-order valence-corrected chi connectivity index (χ4v) is 3.18. The molecule has 0 amide bonds. The van der Waals surface area contributed by atoms with Crippen LogP contribution in [0.5, 0.6) is 5.75 Å².